The highest BCUT2D eigenvalue weighted by atomic mass is 32.2. The number of rotatable bonds is 7. The number of ether oxygens (including phenoxy) is 2. The fourth-order valence-electron chi connectivity index (χ4n) is 3.73. The van der Waals surface area contributed by atoms with E-state index in [1.165, 1.54) is 18.9 Å². The van der Waals surface area contributed by atoms with Crippen molar-refractivity contribution in [3.8, 4) is 17.2 Å². The lowest BCUT2D eigenvalue weighted by Crippen LogP contribution is -2.31. The highest BCUT2D eigenvalue weighted by Crippen LogP contribution is 2.39. The van der Waals surface area contributed by atoms with Gasteiger partial charge in [-0.05, 0) is 42.5 Å². The van der Waals surface area contributed by atoms with Crippen molar-refractivity contribution in [3.05, 3.63) is 59.3 Å². The quantitative estimate of drug-likeness (QED) is 0.447. The molecule has 1 atom stereocenters. The third-order valence-corrected chi connectivity index (χ3v) is 5.95. The van der Waals surface area contributed by atoms with E-state index in [9.17, 15) is 9.90 Å². The molecule has 2 aromatic carbocycles. The van der Waals surface area contributed by atoms with Crippen LogP contribution in [0.1, 0.15) is 25.5 Å². The normalized spacial score (nSPS) is 15.0. The van der Waals surface area contributed by atoms with Gasteiger partial charge in [-0.25, -0.2) is 4.68 Å². The molecule has 0 radical (unpaired) electrons. The second-order valence-electron chi connectivity index (χ2n) is 7.25. The number of thioether (sulfide) groups is 1. The predicted octanol–water partition coefficient (Wildman–Crippen LogP) is 4.04. The van der Waals surface area contributed by atoms with Crippen LogP contribution in [-0.4, -0.2) is 45.8 Å². The van der Waals surface area contributed by atoms with Crippen molar-refractivity contribution in [3.63, 3.8) is 0 Å². The number of hydrogen-bond acceptors (Lipinski definition) is 8. The number of nitrogens with zero attached hydrogens (tertiary/aromatic N) is 3. The van der Waals surface area contributed by atoms with E-state index in [0.29, 0.717) is 39.6 Å². The molecule has 1 aliphatic rings. The van der Waals surface area contributed by atoms with Crippen molar-refractivity contribution in [2.75, 3.05) is 30.6 Å². The van der Waals surface area contributed by atoms with Gasteiger partial charge in [0.25, 0.3) is 5.91 Å². The summed E-state index contributed by atoms with van der Waals surface area (Å²) in [5.41, 5.74) is 2.38. The minimum Gasteiger partial charge on any atom is -0.504 e. The number of fused-ring (bicyclic) bond motifs is 1. The molecule has 0 fully saturated rings. The largest absolute Gasteiger partial charge is 0.504 e. The zero-order valence-electron chi connectivity index (χ0n) is 18.7. The molecule has 0 saturated heterocycles. The van der Waals surface area contributed by atoms with E-state index in [2.05, 4.69) is 20.7 Å². The summed E-state index contributed by atoms with van der Waals surface area (Å²) in [6, 6.07) is 11.6. The standard InChI is InChI=1S/C23H25N5O4S/c1-5-33-23-26-22-24-13(2)19(21(30)25-15-8-6-7-9-17(15)31-3)20(28(22)27-23)14-10-11-16(29)18(12-14)32-4/h6-12,20,29H,5H2,1-4H3,(H,25,30)(H,24,26,27). The van der Waals surface area contributed by atoms with Gasteiger partial charge in [0, 0.05) is 5.70 Å². The van der Waals surface area contributed by atoms with Crippen molar-refractivity contribution in [1.29, 1.82) is 0 Å². The summed E-state index contributed by atoms with van der Waals surface area (Å²) in [5.74, 6) is 1.91. The summed E-state index contributed by atoms with van der Waals surface area (Å²) < 4.78 is 12.4. The van der Waals surface area contributed by atoms with Gasteiger partial charge in [-0.15, -0.1) is 5.10 Å². The molecule has 1 aliphatic heterocycles. The minimum absolute atomic E-state index is 0.0111. The highest BCUT2D eigenvalue weighted by molar-refractivity contribution is 7.99. The maximum atomic E-state index is 13.6. The number of aromatic nitrogens is 3. The lowest BCUT2D eigenvalue weighted by molar-refractivity contribution is -0.113. The van der Waals surface area contributed by atoms with Gasteiger partial charge in [-0.2, -0.15) is 4.98 Å². The molecular formula is C23H25N5O4S. The number of para-hydroxylation sites is 2. The first-order chi connectivity index (χ1) is 16.0. The first kappa shape index (κ1) is 22.5. The monoisotopic (exact) mass is 467 g/mol. The van der Waals surface area contributed by atoms with E-state index < -0.39 is 6.04 Å². The zero-order valence-corrected chi connectivity index (χ0v) is 19.6. The van der Waals surface area contributed by atoms with E-state index >= 15 is 0 Å². The van der Waals surface area contributed by atoms with Gasteiger partial charge in [0.1, 0.15) is 11.8 Å². The van der Waals surface area contributed by atoms with Crippen LogP contribution < -0.4 is 20.1 Å². The zero-order chi connectivity index (χ0) is 23.5. The Hall–Kier alpha value is -3.66. The molecule has 1 aromatic heterocycles. The second kappa shape index (κ2) is 9.45. The van der Waals surface area contributed by atoms with Crippen LogP contribution in [0.3, 0.4) is 0 Å². The number of nitrogens with one attached hydrogen (secondary N) is 2. The molecule has 0 bridgehead atoms. The highest BCUT2D eigenvalue weighted by Gasteiger charge is 2.35. The van der Waals surface area contributed by atoms with Crippen LogP contribution in [0.4, 0.5) is 11.6 Å². The van der Waals surface area contributed by atoms with E-state index in [1.54, 1.807) is 42.1 Å². The van der Waals surface area contributed by atoms with Crippen molar-refractivity contribution in [2.24, 2.45) is 0 Å². The number of hydrogen-bond donors (Lipinski definition) is 3. The van der Waals surface area contributed by atoms with Crippen molar-refractivity contribution in [1.82, 2.24) is 14.8 Å². The second-order valence-corrected chi connectivity index (χ2v) is 8.48. The first-order valence-corrected chi connectivity index (χ1v) is 11.3. The average Bonchev–Trinajstić information content (AvgIpc) is 3.21. The molecular weight excluding hydrogens is 442 g/mol. The fraction of sp³-hybridized carbons (Fsp3) is 0.261. The summed E-state index contributed by atoms with van der Waals surface area (Å²) in [6.45, 7) is 3.85. The van der Waals surface area contributed by atoms with Crippen molar-refractivity contribution < 1.29 is 19.4 Å². The summed E-state index contributed by atoms with van der Waals surface area (Å²) >= 11 is 1.51. The Kier molecular flexibility index (Phi) is 6.45. The lowest BCUT2D eigenvalue weighted by atomic mass is 9.94. The van der Waals surface area contributed by atoms with E-state index in [-0.39, 0.29) is 11.7 Å². The van der Waals surface area contributed by atoms with Gasteiger partial charge >= 0.3 is 0 Å². The maximum Gasteiger partial charge on any atom is 0.255 e. The first-order valence-electron chi connectivity index (χ1n) is 10.3. The van der Waals surface area contributed by atoms with Crippen LogP contribution in [0.15, 0.2) is 58.9 Å². The molecule has 172 valence electrons. The van der Waals surface area contributed by atoms with E-state index in [4.69, 9.17) is 9.47 Å². The summed E-state index contributed by atoms with van der Waals surface area (Å²) in [6.07, 6.45) is 0. The number of phenolic OH excluding ortho intramolecular Hbond substituents is 1. The Morgan fingerprint density at radius 2 is 1.97 bits per heavy atom. The van der Waals surface area contributed by atoms with Gasteiger partial charge in [0.15, 0.2) is 11.5 Å². The predicted molar refractivity (Wildman–Crippen MR) is 127 cm³/mol. The Morgan fingerprint density at radius 1 is 1.21 bits per heavy atom. The Morgan fingerprint density at radius 3 is 2.70 bits per heavy atom. The fourth-order valence-corrected chi connectivity index (χ4v) is 4.28. The number of aromatic hydroxyl groups is 1. The smallest absolute Gasteiger partial charge is 0.255 e. The topological polar surface area (TPSA) is 111 Å². The molecule has 3 aromatic rings. The molecule has 1 unspecified atom stereocenters. The number of benzene rings is 2. The van der Waals surface area contributed by atoms with Crippen molar-refractivity contribution in [2.45, 2.75) is 25.0 Å². The molecule has 3 N–H and O–H groups in total. The number of amides is 1. The molecule has 2 heterocycles. The Bertz CT molecular complexity index is 1220. The number of carbonyl (C=O) groups excluding carboxylic acids is 1. The molecule has 0 aliphatic carbocycles. The molecule has 4 rings (SSSR count). The number of anilines is 2. The van der Waals surface area contributed by atoms with Gasteiger partial charge < -0.3 is 25.2 Å². The molecule has 1 amide bonds. The van der Waals surface area contributed by atoms with Gasteiger partial charge in [-0.1, -0.05) is 36.9 Å². The third kappa shape index (κ3) is 4.34. The Balaban J connectivity index is 1.81. The van der Waals surface area contributed by atoms with E-state index in [1.807, 2.05) is 26.0 Å². The SMILES string of the molecule is CCSc1nc2n(n1)C(c1ccc(O)c(OC)c1)C(C(=O)Nc1ccccc1OC)=C(C)N2. The molecule has 33 heavy (non-hydrogen) atoms. The van der Waals surface area contributed by atoms with Gasteiger partial charge in [0.2, 0.25) is 11.1 Å². The van der Waals surface area contributed by atoms with Crippen LogP contribution in [0.5, 0.6) is 17.2 Å². The summed E-state index contributed by atoms with van der Waals surface area (Å²) in [7, 11) is 3.03. The Labute approximate surface area is 195 Å². The van der Waals surface area contributed by atoms with Gasteiger partial charge in [0.05, 0.1) is 25.5 Å². The number of phenols is 1. The van der Waals surface area contributed by atoms with Crippen LogP contribution in [0.25, 0.3) is 0 Å². The van der Waals surface area contributed by atoms with Crippen LogP contribution in [0, 0.1) is 0 Å². The van der Waals surface area contributed by atoms with E-state index in [0.717, 1.165) is 11.3 Å². The van der Waals surface area contributed by atoms with Crippen LogP contribution in [-0.2, 0) is 4.79 Å². The molecule has 9 nitrogen and oxygen atoms in total. The average molecular weight is 468 g/mol. The number of carbonyl (C=O) groups is 1. The summed E-state index contributed by atoms with van der Waals surface area (Å²) in [4.78, 5) is 18.2. The van der Waals surface area contributed by atoms with Crippen LogP contribution in [0.2, 0.25) is 0 Å². The lowest BCUT2D eigenvalue weighted by Gasteiger charge is -2.29. The molecule has 0 spiro atoms. The number of allylic oxidation sites excluding steroid dienone is 1. The van der Waals surface area contributed by atoms with Crippen molar-refractivity contribution >= 4 is 29.3 Å². The molecule has 10 heteroatoms. The summed E-state index contributed by atoms with van der Waals surface area (Å²) in [5, 5.41) is 21.5. The third-order valence-electron chi connectivity index (χ3n) is 5.23. The molecule has 0 saturated carbocycles. The minimum atomic E-state index is -0.593. The van der Waals surface area contributed by atoms with Gasteiger partial charge in [-0.3, -0.25) is 4.79 Å². The number of methoxy groups -OCH3 is 2. The van der Waals surface area contributed by atoms with Crippen LogP contribution >= 0.6 is 11.8 Å². The maximum absolute atomic E-state index is 13.6.